The predicted octanol–water partition coefficient (Wildman–Crippen LogP) is 2.26. The van der Waals surface area contributed by atoms with E-state index in [0.29, 0.717) is 16.4 Å². The van der Waals surface area contributed by atoms with Gasteiger partial charge in [-0.25, -0.2) is 4.98 Å². The molecule has 0 saturated heterocycles. The van der Waals surface area contributed by atoms with Crippen molar-refractivity contribution in [1.82, 2.24) is 20.2 Å². The number of hydrogen-bond donors (Lipinski definition) is 2. The maximum absolute atomic E-state index is 6.15. The molecular weight excluding hydrogens is 238 g/mol. The molecule has 5 nitrogen and oxygen atoms in total. The Balaban J connectivity index is 2.37. The second-order valence-electron chi connectivity index (χ2n) is 3.54. The lowest BCUT2D eigenvalue weighted by molar-refractivity contribution is 1.09. The molecule has 0 atom stereocenters. The van der Waals surface area contributed by atoms with Crippen molar-refractivity contribution in [2.24, 2.45) is 0 Å². The van der Waals surface area contributed by atoms with Crippen LogP contribution in [-0.4, -0.2) is 20.2 Å². The zero-order chi connectivity index (χ0) is 11.8. The van der Waals surface area contributed by atoms with E-state index in [-0.39, 0.29) is 5.95 Å². The van der Waals surface area contributed by atoms with E-state index in [1.165, 1.54) is 0 Å². The lowest BCUT2D eigenvalue weighted by atomic mass is 10.1. The number of H-pyrrole nitrogens is 1. The summed E-state index contributed by atoms with van der Waals surface area (Å²) < 4.78 is 0. The first-order valence-electron chi connectivity index (χ1n) is 4.97. The molecule has 2 aromatic heterocycles. The summed E-state index contributed by atoms with van der Waals surface area (Å²) in [6.45, 7) is 0. The number of hydrogen-bond acceptors (Lipinski definition) is 4. The fraction of sp³-hybridized carbons (Fsp3) is 0. The van der Waals surface area contributed by atoms with E-state index in [0.717, 1.165) is 10.9 Å². The molecule has 84 valence electrons. The number of rotatable bonds is 1. The van der Waals surface area contributed by atoms with Crippen LogP contribution >= 0.6 is 11.6 Å². The number of nitrogen functional groups attached to an aromatic ring is 1. The summed E-state index contributed by atoms with van der Waals surface area (Å²) in [4.78, 5) is 8.28. The smallest absolute Gasteiger partial charge is 0.222 e. The van der Waals surface area contributed by atoms with Gasteiger partial charge in [0.05, 0.1) is 17.3 Å². The number of nitrogens with zero attached hydrogens (tertiary/aromatic N) is 3. The molecule has 0 bridgehead atoms. The molecule has 0 saturated carbocycles. The molecule has 17 heavy (non-hydrogen) atoms. The van der Waals surface area contributed by atoms with Crippen LogP contribution in [0, 0.1) is 0 Å². The third-order valence-corrected chi connectivity index (χ3v) is 2.79. The number of aromatic amines is 1. The van der Waals surface area contributed by atoms with Crippen molar-refractivity contribution < 1.29 is 0 Å². The molecular formula is C11H8ClN5. The Morgan fingerprint density at radius 1 is 1.18 bits per heavy atom. The van der Waals surface area contributed by atoms with Crippen molar-refractivity contribution in [2.45, 2.75) is 0 Å². The molecule has 0 fully saturated rings. The van der Waals surface area contributed by atoms with Crippen LogP contribution in [0.1, 0.15) is 0 Å². The minimum atomic E-state index is 0.191. The summed E-state index contributed by atoms with van der Waals surface area (Å²) in [6, 6.07) is 7.45. The number of benzene rings is 1. The fourth-order valence-electron chi connectivity index (χ4n) is 1.71. The maximum Gasteiger partial charge on any atom is 0.222 e. The molecule has 3 N–H and O–H groups in total. The van der Waals surface area contributed by atoms with Gasteiger partial charge in [-0.15, -0.1) is 0 Å². The second-order valence-corrected chi connectivity index (χ2v) is 3.95. The van der Waals surface area contributed by atoms with Gasteiger partial charge in [0.1, 0.15) is 0 Å². The van der Waals surface area contributed by atoms with Gasteiger partial charge in [-0.1, -0.05) is 29.8 Å². The highest BCUT2D eigenvalue weighted by atomic mass is 35.5. The molecule has 0 amide bonds. The summed E-state index contributed by atoms with van der Waals surface area (Å²) in [5.41, 5.74) is 7.76. The monoisotopic (exact) mass is 245 g/mol. The highest BCUT2D eigenvalue weighted by Gasteiger charge is 2.12. The molecule has 6 heteroatoms. The molecule has 0 aliphatic heterocycles. The van der Waals surface area contributed by atoms with Crippen molar-refractivity contribution in [3.05, 3.63) is 35.5 Å². The van der Waals surface area contributed by atoms with Crippen LogP contribution in [-0.2, 0) is 0 Å². The number of nitrogens with two attached hydrogens (primary N) is 1. The van der Waals surface area contributed by atoms with Gasteiger partial charge < -0.3 is 5.73 Å². The van der Waals surface area contributed by atoms with E-state index < -0.39 is 0 Å². The molecule has 0 aliphatic carbocycles. The van der Waals surface area contributed by atoms with Crippen molar-refractivity contribution in [1.29, 1.82) is 0 Å². The summed E-state index contributed by atoms with van der Waals surface area (Å²) in [6.07, 6.45) is 1.66. The van der Waals surface area contributed by atoms with Gasteiger partial charge in [0.2, 0.25) is 5.95 Å². The van der Waals surface area contributed by atoms with E-state index in [1.807, 2.05) is 18.2 Å². The Morgan fingerprint density at radius 2 is 2.00 bits per heavy atom. The number of anilines is 1. The first-order chi connectivity index (χ1) is 8.25. The number of fused-ring (bicyclic) bond motifs is 1. The predicted molar refractivity (Wildman–Crippen MR) is 66.5 cm³/mol. The normalized spacial score (nSPS) is 10.9. The van der Waals surface area contributed by atoms with Crippen LogP contribution < -0.4 is 5.73 Å². The third kappa shape index (κ3) is 1.60. The topological polar surface area (TPSA) is 80.5 Å². The highest BCUT2D eigenvalue weighted by Crippen LogP contribution is 2.30. The SMILES string of the molecule is Nc1nc(-c2ccccc2Cl)c2cn[nH]c2n1. The minimum Gasteiger partial charge on any atom is -0.368 e. The molecule has 0 radical (unpaired) electrons. The molecule has 0 aliphatic rings. The van der Waals surface area contributed by atoms with E-state index in [2.05, 4.69) is 20.2 Å². The van der Waals surface area contributed by atoms with E-state index in [1.54, 1.807) is 12.3 Å². The average molecular weight is 246 g/mol. The van der Waals surface area contributed by atoms with Crippen LogP contribution in [0.2, 0.25) is 5.02 Å². The third-order valence-electron chi connectivity index (χ3n) is 2.46. The van der Waals surface area contributed by atoms with Crippen LogP contribution in [0.25, 0.3) is 22.3 Å². The number of nitrogens with one attached hydrogen (secondary N) is 1. The molecule has 3 aromatic rings. The van der Waals surface area contributed by atoms with Gasteiger partial charge >= 0.3 is 0 Å². The Hall–Kier alpha value is -2.14. The van der Waals surface area contributed by atoms with E-state index in [9.17, 15) is 0 Å². The van der Waals surface area contributed by atoms with Gasteiger partial charge in [0.15, 0.2) is 5.65 Å². The van der Waals surface area contributed by atoms with Crippen molar-refractivity contribution in [3.8, 4) is 11.3 Å². The summed E-state index contributed by atoms with van der Waals surface area (Å²) >= 11 is 6.15. The average Bonchev–Trinajstić information content (AvgIpc) is 2.76. The first-order valence-corrected chi connectivity index (χ1v) is 5.35. The van der Waals surface area contributed by atoms with Crippen LogP contribution in [0.15, 0.2) is 30.5 Å². The maximum atomic E-state index is 6.15. The molecule has 1 aromatic carbocycles. The fourth-order valence-corrected chi connectivity index (χ4v) is 1.94. The van der Waals surface area contributed by atoms with Crippen LogP contribution in [0.3, 0.4) is 0 Å². The zero-order valence-electron chi connectivity index (χ0n) is 8.68. The van der Waals surface area contributed by atoms with Gasteiger partial charge in [-0.2, -0.15) is 10.1 Å². The molecule has 2 heterocycles. The zero-order valence-corrected chi connectivity index (χ0v) is 9.44. The first kappa shape index (κ1) is 10.0. The van der Waals surface area contributed by atoms with Crippen LogP contribution in [0.5, 0.6) is 0 Å². The Bertz CT molecular complexity index is 691. The Kier molecular flexibility index (Phi) is 2.19. The van der Waals surface area contributed by atoms with Crippen molar-refractivity contribution in [2.75, 3.05) is 5.73 Å². The molecule has 3 rings (SSSR count). The largest absolute Gasteiger partial charge is 0.368 e. The Labute approximate surface area is 102 Å². The van der Waals surface area contributed by atoms with Gasteiger partial charge in [-0.3, -0.25) is 5.10 Å². The lowest BCUT2D eigenvalue weighted by Crippen LogP contribution is -1.97. The van der Waals surface area contributed by atoms with Gasteiger partial charge in [0, 0.05) is 10.6 Å². The standard InChI is InChI=1S/C11H8ClN5/c12-8-4-2-1-3-6(8)9-7-5-14-17-10(7)16-11(13)15-9/h1-5H,(H3,13,14,15,16,17). The van der Waals surface area contributed by atoms with Gasteiger partial charge in [-0.05, 0) is 6.07 Å². The van der Waals surface area contributed by atoms with Crippen molar-refractivity contribution >= 4 is 28.6 Å². The quantitative estimate of drug-likeness (QED) is 0.689. The van der Waals surface area contributed by atoms with E-state index in [4.69, 9.17) is 17.3 Å². The summed E-state index contributed by atoms with van der Waals surface area (Å²) in [7, 11) is 0. The van der Waals surface area contributed by atoms with Crippen molar-refractivity contribution in [3.63, 3.8) is 0 Å². The molecule has 0 unspecified atom stereocenters. The summed E-state index contributed by atoms with van der Waals surface area (Å²) in [5.74, 6) is 0.191. The lowest BCUT2D eigenvalue weighted by Gasteiger charge is -2.05. The second kappa shape index (κ2) is 3.71. The van der Waals surface area contributed by atoms with Gasteiger partial charge in [0.25, 0.3) is 0 Å². The Morgan fingerprint density at radius 3 is 2.82 bits per heavy atom. The summed E-state index contributed by atoms with van der Waals surface area (Å²) in [5, 5.41) is 8.11. The number of halogens is 1. The number of aromatic nitrogens is 4. The molecule has 0 spiro atoms. The van der Waals surface area contributed by atoms with E-state index >= 15 is 0 Å². The highest BCUT2D eigenvalue weighted by molar-refractivity contribution is 6.33. The minimum absolute atomic E-state index is 0.191. The van der Waals surface area contributed by atoms with Crippen LogP contribution in [0.4, 0.5) is 5.95 Å².